The van der Waals surface area contributed by atoms with E-state index in [-0.39, 0.29) is 24.2 Å². The van der Waals surface area contributed by atoms with Crippen molar-refractivity contribution in [1.29, 1.82) is 0 Å². The highest BCUT2D eigenvalue weighted by Gasteiger charge is 2.26. The molecule has 1 aliphatic rings. The van der Waals surface area contributed by atoms with Gasteiger partial charge in [0.05, 0.1) is 23.3 Å². The number of aliphatic hydroxyl groups excluding tert-OH is 1. The zero-order valence-electron chi connectivity index (χ0n) is 17.5. The Bertz CT molecular complexity index is 1350. The molecule has 0 saturated heterocycles. The maximum atomic E-state index is 13.8. The molecule has 1 unspecified atom stereocenters. The van der Waals surface area contributed by atoms with Crippen LogP contribution in [0, 0.1) is 11.6 Å². The highest BCUT2D eigenvalue weighted by molar-refractivity contribution is 5.99. The molecule has 1 N–H and O–H groups in total. The van der Waals surface area contributed by atoms with Gasteiger partial charge >= 0.3 is 0 Å². The molecule has 0 radical (unpaired) electrons. The van der Waals surface area contributed by atoms with Crippen LogP contribution >= 0.6 is 0 Å². The van der Waals surface area contributed by atoms with Crippen molar-refractivity contribution < 1.29 is 13.9 Å². The number of aromatic nitrogens is 2. The first-order chi connectivity index (χ1) is 15.6. The van der Waals surface area contributed by atoms with Gasteiger partial charge in [-0.3, -0.25) is 4.99 Å². The lowest BCUT2D eigenvalue weighted by Crippen LogP contribution is -2.08. The van der Waals surface area contributed by atoms with Crippen LogP contribution in [0.1, 0.15) is 23.6 Å². The van der Waals surface area contributed by atoms with E-state index in [2.05, 4.69) is 4.99 Å². The summed E-state index contributed by atoms with van der Waals surface area (Å²) in [5.74, 6) is -0.647. The van der Waals surface area contributed by atoms with Crippen molar-refractivity contribution in [3.63, 3.8) is 0 Å². The SMILES string of the molecule is Cn1c(CO)cc2nc(-c3ccc(F)cc3)c(C3C=CN=CC3)c(-c3ccc(F)cc3)c21. The summed E-state index contributed by atoms with van der Waals surface area (Å²) < 4.78 is 29.4. The second-order valence-electron chi connectivity index (χ2n) is 7.86. The number of benzene rings is 2. The van der Waals surface area contributed by atoms with Gasteiger partial charge in [-0.1, -0.05) is 18.2 Å². The Labute approximate surface area is 184 Å². The van der Waals surface area contributed by atoms with Gasteiger partial charge in [0, 0.05) is 42.2 Å². The first-order valence-electron chi connectivity index (χ1n) is 10.4. The summed E-state index contributed by atoms with van der Waals surface area (Å²) in [5.41, 5.74) is 6.54. The fourth-order valence-electron chi connectivity index (χ4n) is 4.38. The summed E-state index contributed by atoms with van der Waals surface area (Å²) in [6.07, 6.45) is 6.34. The molecule has 0 saturated carbocycles. The van der Waals surface area contributed by atoms with Crippen molar-refractivity contribution in [2.24, 2.45) is 12.0 Å². The van der Waals surface area contributed by atoms with Gasteiger partial charge in [-0.25, -0.2) is 13.8 Å². The van der Waals surface area contributed by atoms with Crippen LogP contribution in [-0.4, -0.2) is 20.9 Å². The lowest BCUT2D eigenvalue weighted by molar-refractivity contribution is 0.273. The molecule has 0 bridgehead atoms. The van der Waals surface area contributed by atoms with E-state index in [1.165, 1.54) is 24.3 Å². The molecule has 2 aromatic heterocycles. The predicted octanol–water partition coefficient (Wildman–Crippen LogP) is 5.75. The Kier molecular flexibility index (Phi) is 5.15. The zero-order chi connectivity index (χ0) is 22.2. The van der Waals surface area contributed by atoms with Crippen LogP contribution < -0.4 is 0 Å². The third kappa shape index (κ3) is 3.42. The van der Waals surface area contributed by atoms with Gasteiger partial charge < -0.3 is 9.67 Å². The third-order valence-corrected chi connectivity index (χ3v) is 5.96. The average molecular weight is 429 g/mol. The van der Waals surface area contributed by atoms with E-state index in [0.29, 0.717) is 11.9 Å². The van der Waals surface area contributed by atoms with Crippen LogP contribution in [0.25, 0.3) is 33.4 Å². The molecule has 0 amide bonds. The lowest BCUT2D eigenvalue weighted by atomic mass is 9.84. The molecule has 4 nitrogen and oxygen atoms in total. The summed E-state index contributed by atoms with van der Waals surface area (Å²) in [6.45, 7) is -0.132. The minimum Gasteiger partial charge on any atom is -0.390 e. The van der Waals surface area contributed by atoms with Gasteiger partial charge in [0.2, 0.25) is 0 Å². The Hall–Kier alpha value is -3.64. The fraction of sp³-hybridized carbons (Fsp3) is 0.154. The molecule has 0 spiro atoms. The largest absolute Gasteiger partial charge is 0.390 e. The summed E-state index contributed by atoms with van der Waals surface area (Å²) in [4.78, 5) is 9.19. The Morgan fingerprint density at radius 2 is 1.66 bits per heavy atom. The van der Waals surface area contributed by atoms with Gasteiger partial charge in [0.1, 0.15) is 11.6 Å². The maximum absolute atomic E-state index is 13.8. The topological polar surface area (TPSA) is 50.4 Å². The average Bonchev–Trinajstić information content (AvgIpc) is 3.15. The zero-order valence-corrected chi connectivity index (χ0v) is 17.5. The molecular formula is C26H21F2N3O. The van der Waals surface area contributed by atoms with Crippen LogP contribution in [0.5, 0.6) is 0 Å². The molecule has 3 heterocycles. The molecule has 32 heavy (non-hydrogen) atoms. The third-order valence-electron chi connectivity index (χ3n) is 5.96. The van der Waals surface area contributed by atoms with Gasteiger partial charge in [-0.15, -0.1) is 0 Å². The Morgan fingerprint density at radius 1 is 1.00 bits per heavy atom. The van der Waals surface area contributed by atoms with E-state index < -0.39 is 0 Å². The van der Waals surface area contributed by atoms with Crippen molar-refractivity contribution in [2.45, 2.75) is 18.9 Å². The summed E-state index contributed by atoms with van der Waals surface area (Å²) in [6, 6.07) is 14.5. The van der Waals surface area contributed by atoms with Crippen LogP contribution in [-0.2, 0) is 13.7 Å². The number of hydrogen-bond donors (Lipinski definition) is 1. The number of aliphatic imine (C=N–C) groups is 1. The molecule has 0 aliphatic carbocycles. The number of nitrogens with zero attached hydrogens (tertiary/aromatic N) is 3. The van der Waals surface area contributed by atoms with E-state index in [4.69, 9.17) is 4.98 Å². The van der Waals surface area contributed by atoms with E-state index in [1.54, 1.807) is 30.5 Å². The molecule has 4 aromatic rings. The lowest BCUT2D eigenvalue weighted by Gasteiger charge is -2.23. The number of hydrogen-bond acceptors (Lipinski definition) is 3. The number of rotatable bonds is 4. The molecule has 160 valence electrons. The van der Waals surface area contributed by atoms with Gasteiger partial charge in [0.25, 0.3) is 0 Å². The number of fused-ring (bicyclic) bond motifs is 1. The maximum Gasteiger partial charge on any atom is 0.123 e. The monoisotopic (exact) mass is 429 g/mol. The highest BCUT2D eigenvalue weighted by atomic mass is 19.1. The number of aliphatic hydroxyl groups is 1. The standard InChI is InChI=1S/C26H21F2N3O/c1-31-21(15-32)14-22-26(31)24(16-2-6-19(27)7-3-16)23(17-10-12-29-13-11-17)25(30-22)18-4-8-20(28)9-5-18/h2-10,12-14,17,32H,11,15H2,1H3. The first kappa shape index (κ1) is 20.3. The number of halogens is 2. The molecule has 1 atom stereocenters. The van der Waals surface area contributed by atoms with Crippen LogP contribution in [0.3, 0.4) is 0 Å². The quantitative estimate of drug-likeness (QED) is 0.449. The number of aryl methyl sites for hydroxylation is 1. The molecule has 1 aliphatic heterocycles. The van der Waals surface area contributed by atoms with Crippen molar-refractivity contribution in [1.82, 2.24) is 9.55 Å². The first-order valence-corrected chi connectivity index (χ1v) is 10.4. The number of pyridine rings is 1. The van der Waals surface area contributed by atoms with E-state index in [9.17, 15) is 13.9 Å². The van der Waals surface area contributed by atoms with Crippen molar-refractivity contribution in [3.05, 3.63) is 89.8 Å². The molecular weight excluding hydrogens is 408 g/mol. The van der Waals surface area contributed by atoms with Gasteiger partial charge in [-0.05, 0) is 60.0 Å². The Balaban J connectivity index is 1.92. The fourth-order valence-corrected chi connectivity index (χ4v) is 4.38. The molecule has 5 rings (SSSR count). The normalized spacial score (nSPS) is 15.6. The summed E-state index contributed by atoms with van der Waals surface area (Å²) in [7, 11) is 1.89. The van der Waals surface area contributed by atoms with Crippen molar-refractivity contribution in [3.8, 4) is 22.4 Å². The molecule has 2 aromatic carbocycles. The van der Waals surface area contributed by atoms with Crippen molar-refractivity contribution in [2.75, 3.05) is 0 Å². The van der Waals surface area contributed by atoms with Crippen molar-refractivity contribution >= 4 is 17.2 Å². The predicted molar refractivity (Wildman–Crippen MR) is 122 cm³/mol. The highest BCUT2D eigenvalue weighted by Crippen LogP contribution is 2.43. The molecule has 0 fully saturated rings. The van der Waals surface area contributed by atoms with Gasteiger partial charge in [0.15, 0.2) is 0 Å². The minimum atomic E-state index is -0.317. The second-order valence-corrected chi connectivity index (χ2v) is 7.86. The van der Waals surface area contributed by atoms with E-state index in [0.717, 1.165) is 39.2 Å². The van der Waals surface area contributed by atoms with Gasteiger partial charge in [-0.2, -0.15) is 0 Å². The van der Waals surface area contributed by atoms with Crippen LogP contribution in [0.2, 0.25) is 0 Å². The number of allylic oxidation sites excluding steroid dienone is 1. The van der Waals surface area contributed by atoms with E-state index in [1.807, 2.05) is 30.0 Å². The molecule has 6 heteroatoms. The Morgan fingerprint density at radius 3 is 2.25 bits per heavy atom. The second kappa shape index (κ2) is 8.13. The summed E-state index contributed by atoms with van der Waals surface area (Å²) in [5, 5.41) is 9.88. The summed E-state index contributed by atoms with van der Waals surface area (Å²) >= 11 is 0. The smallest absolute Gasteiger partial charge is 0.123 e. The van der Waals surface area contributed by atoms with E-state index >= 15 is 0 Å². The van der Waals surface area contributed by atoms with Crippen LogP contribution in [0.15, 0.2) is 71.9 Å². The minimum absolute atomic E-state index is 0.0167. The van der Waals surface area contributed by atoms with Crippen LogP contribution in [0.4, 0.5) is 8.78 Å².